The third-order valence-electron chi connectivity index (χ3n) is 4.88. The molecule has 0 saturated carbocycles. The number of nitrogens with zero attached hydrogens (tertiary/aromatic N) is 1. The van der Waals surface area contributed by atoms with Crippen LogP contribution in [0.25, 0.3) is 0 Å². The van der Waals surface area contributed by atoms with Crippen molar-refractivity contribution in [2.75, 3.05) is 39.4 Å². The second-order valence-electron chi connectivity index (χ2n) is 6.75. The highest BCUT2D eigenvalue weighted by Gasteiger charge is 2.26. The molecule has 144 valence electrons. The predicted molar refractivity (Wildman–Crippen MR) is 98.4 cm³/mol. The van der Waals surface area contributed by atoms with Crippen molar-refractivity contribution < 1.29 is 17.9 Å². The Kier molecular flexibility index (Phi) is 6.63. The van der Waals surface area contributed by atoms with Gasteiger partial charge in [-0.05, 0) is 50.0 Å². The Morgan fingerprint density at radius 1 is 1.15 bits per heavy atom. The maximum atomic E-state index is 12.6. The van der Waals surface area contributed by atoms with Crippen LogP contribution in [0.15, 0.2) is 29.2 Å². The number of piperidine rings is 1. The predicted octanol–water partition coefficient (Wildman–Crippen LogP) is 0.508. The second kappa shape index (κ2) is 8.94. The molecule has 2 saturated heterocycles. The van der Waals surface area contributed by atoms with Crippen LogP contribution < -0.4 is 10.6 Å². The summed E-state index contributed by atoms with van der Waals surface area (Å²) >= 11 is 0. The molecule has 2 aliphatic rings. The van der Waals surface area contributed by atoms with Crippen LogP contribution in [0.2, 0.25) is 0 Å². The highest BCUT2D eigenvalue weighted by molar-refractivity contribution is 7.89. The number of nitrogens with one attached hydrogen (secondary N) is 2. The van der Waals surface area contributed by atoms with Gasteiger partial charge in [0.15, 0.2) is 0 Å². The Labute approximate surface area is 155 Å². The first-order valence-electron chi connectivity index (χ1n) is 9.22. The van der Waals surface area contributed by atoms with Gasteiger partial charge in [0, 0.05) is 25.6 Å². The molecule has 2 N–H and O–H groups in total. The Morgan fingerprint density at radius 2 is 1.81 bits per heavy atom. The smallest absolute Gasteiger partial charge is 0.243 e. The minimum Gasteiger partial charge on any atom is -0.379 e. The number of carbonyl (C=O) groups excluding carboxylic acids is 1. The molecule has 0 spiro atoms. The monoisotopic (exact) mass is 381 g/mol. The fourth-order valence-electron chi connectivity index (χ4n) is 3.29. The number of carbonyl (C=O) groups is 1. The van der Waals surface area contributed by atoms with Crippen LogP contribution in [0.5, 0.6) is 0 Å². The maximum Gasteiger partial charge on any atom is 0.243 e. The molecule has 8 heteroatoms. The molecular formula is C18H27N3O4S. The van der Waals surface area contributed by atoms with Crippen molar-refractivity contribution in [3.05, 3.63) is 29.8 Å². The highest BCUT2D eigenvalue weighted by Crippen LogP contribution is 2.18. The van der Waals surface area contributed by atoms with Crippen molar-refractivity contribution in [1.82, 2.24) is 14.9 Å². The molecule has 26 heavy (non-hydrogen) atoms. The molecular weight excluding hydrogens is 354 g/mol. The topological polar surface area (TPSA) is 87.7 Å². The molecule has 1 aromatic carbocycles. The molecule has 7 nitrogen and oxygen atoms in total. The normalized spacial score (nSPS) is 20.0. The van der Waals surface area contributed by atoms with Gasteiger partial charge in [-0.2, -0.15) is 4.31 Å². The number of benzene rings is 1. The lowest BCUT2D eigenvalue weighted by Gasteiger charge is -2.26. The van der Waals surface area contributed by atoms with Crippen LogP contribution in [0, 0.1) is 0 Å². The number of rotatable bonds is 6. The van der Waals surface area contributed by atoms with Crippen molar-refractivity contribution in [2.45, 2.75) is 36.6 Å². The number of aryl methyl sites for hydroxylation is 1. The van der Waals surface area contributed by atoms with Gasteiger partial charge in [0.1, 0.15) is 0 Å². The van der Waals surface area contributed by atoms with Crippen LogP contribution in [-0.2, 0) is 26.0 Å². The van der Waals surface area contributed by atoms with E-state index in [2.05, 4.69) is 10.6 Å². The largest absolute Gasteiger partial charge is 0.379 e. The lowest BCUT2D eigenvalue weighted by molar-refractivity contribution is -0.121. The fourth-order valence-corrected chi connectivity index (χ4v) is 4.70. The van der Waals surface area contributed by atoms with Crippen molar-refractivity contribution in [1.29, 1.82) is 0 Å². The first-order chi connectivity index (χ1) is 12.6. The van der Waals surface area contributed by atoms with Gasteiger partial charge in [0.25, 0.3) is 0 Å². The van der Waals surface area contributed by atoms with Gasteiger partial charge >= 0.3 is 0 Å². The van der Waals surface area contributed by atoms with Crippen LogP contribution >= 0.6 is 0 Å². The van der Waals surface area contributed by atoms with Crippen LogP contribution in [0.1, 0.15) is 24.8 Å². The van der Waals surface area contributed by atoms with E-state index in [1.165, 1.54) is 4.31 Å². The minimum absolute atomic E-state index is 0.0573. The summed E-state index contributed by atoms with van der Waals surface area (Å²) in [7, 11) is -3.46. The van der Waals surface area contributed by atoms with E-state index in [9.17, 15) is 13.2 Å². The number of amides is 1. The molecule has 3 rings (SSSR count). The number of sulfonamides is 1. The molecule has 0 aromatic heterocycles. The lowest BCUT2D eigenvalue weighted by atomic mass is 10.1. The SMILES string of the molecule is O=C(CCc1ccc(S(=O)(=O)N2CCOCC2)cc1)NC1CCNCC1. The quantitative estimate of drug-likeness (QED) is 0.750. The summed E-state index contributed by atoms with van der Waals surface area (Å²) in [4.78, 5) is 12.4. The van der Waals surface area contributed by atoms with E-state index >= 15 is 0 Å². The van der Waals surface area contributed by atoms with E-state index in [1.54, 1.807) is 24.3 Å². The minimum atomic E-state index is -3.46. The standard InChI is InChI=1S/C18H27N3O4S/c22-18(20-16-7-9-19-10-8-16)6-3-15-1-4-17(5-2-15)26(23,24)21-11-13-25-14-12-21/h1-2,4-5,16,19H,3,6-14H2,(H,20,22). The summed E-state index contributed by atoms with van der Waals surface area (Å²) in [5.74, 6) is 0.0573. The zero-order valence-corrected chi connectivity index (χ0v) is 15.8. The summed E-state index contributed by atoms with van der Waals surface area (Å²) in [6.07, 6.45) is 2.97. The molecule has 0 unspecified atom stereocenters. The average Bonchev–Trinajstić information content (AvgIpc) is 2.68. The highest BCUT2D eigenvalue weighted by atomic mass is 32.2. The van der Waals surface area contributed by atoms with Crippen molar-refractivity contribution in [3.8, 4) is 0 Å². The summed E-state index contributed by atoms with van der Waals surface area (Å²) in [5.41, 5.74) is 0.964. The van der Waals surface area contributed by atoms with Gasteiger partial charge in [0.05, 0.1) is 18.1 Å². The van der Waals surface area contributed by atoms with Crippen LogP contribution in [0.3, 0.4) is 0 Å². The van der Waals surface area contributed by atoms with Crippen molar-refractivity contribution in [3.63, 3.8) is 0 Å². The van der Waals surface area contributed by atoms with E-state index in [0.717, 1.165) is 31.5 Å². The van der Waals surface area contributed by atoms with Gasteiger partial charge < -0.3 is 15.4 Å². The first-order valence-corrected chi connectivity index (χ1v) is 10.7. The molecule has 2 fully saturated rings. The number of hydrogen-bond acceptors (Lipinski definition) is 5. The second-order valence-corrected chi connectivity index (χ2v) is 8.69. The van der Waals surface area contributed by atoms with E-state index in [0.29, 0.717) is 44.0 Å². The van der Waals surface area contributed by atoms with Crippen LogP contribution in [-0.4, -0.2) is 64.1 Å². The van der Waals surface area contributed by atoms with Gasteiger partial charge in [-0.3, -0.25) is 4.79 Å². The molecule has 1 amide bonds. The van der Waals surface area contributed by atoms with Crippen LogP contribution in [0.4, 0.5) is 0 Å². The molecule has 0 bridgehead atoms. The van der Waals surface area contributed by atoms with Gasteiger partial charge in [0.2, 0.25) is 15.9 Å². The molecule has 1 aromatic rings. The van der Waals surface area contributed by atoms with E-state index in [1.807, 2.05) is 0 Å². The average molecular weight is 381 g/mol. The third-order valence-corrected chi connectivity index (χ3v) is 6.79. The number of morpholine rings is 1. The number of ether oxygens (including phenoxy) is 1. The van der Waals surface area contributed by atoms with Crippen molar-refractivity contribution >= 4 is 15.9 Å². The summed E-state index contributed by atoms with van der Waals surface area (Å²) in [6, 6.07) is 7.12. The van der Waals surface area contributed by atoms with Gasteiger partial charge in [-0.15, -0.1) is 0 Å². The van der Waals surface area contributed by atoms with E-state index in [4.69, 9.17) is 4.74 Å². The Balaban J connectivity index is 1.51. The fraction of sp³-hybridized carbons (Fsp3) is 0.611. The lowest BCUT2D eigenvalue weighted by Crippen LogP contribution is -2.42. The first kappa shape index (κ1) is 19.3. The Bertz CT molecular complexity index is 694. The van der Waals surface area contributed by atoms with Gasteiger partial charge in [-0.25, -0.2) is 8.42 Å². The third kappa shape index (κ3) is 5.03. The summed E-state index contributed by atoms with van der Waals surface area (Å²) in [6.45, 7) is 3.54. The van der Waals surface area contributed by atoms with E-state index < -0.39 is 10.0 Å². The maximum absolute atomic E-state index is 12.6. The van der Waals surface area contributed by atoms with Crippen molar-refractivity contribution in [2.24, 2.45) is 0 Å². The molecule has 2 aliphatic heterocycles. The zero-order valence-electron chi connectivity index (χ0n) is 14.9. The molecule has 0 atom stereocenters. The molecule has 2 heterocycles. The zero-order chi connectivity index (χ0) is 18.4. The summed E-state index contributed by atoms with van der Waals surface area (Å²) < 4.78 is 31.8. The Hall–Kier alpha value is -1.48. The Morgan fingerprint density at radius 3 is 2.46 bits per heavy atom. The number of hydrogen-bond donors (Lipinski definition) is 2. The molecule has 0 radical (unpaired) electrons. The molecule has 0 aliphatic carbocycles. The van der Waals surface area contributed by atoms with E-state index in [-0.39, 0.29) is 11.9 Å². The summed E-state index contributed by atoms with van der Waals surface area (Å²) in [5, 5.41) is 6.35. The van der Waals surface area contributed by atoms with Gasteiger partial charge in [-0.1, -0.05) is 12.1 Å².